The summed E-state index contributed by atoms with van der Waals surface area (Å²) in [6.45, 7) is 4.73. The Kier molecular flexibility index (Phi) is 1.88. The number of aromatic nitrogens is 1. The Bertz CT molecular complexity index is 343. The SMILES string of the molecule is C=CC(=O)N1CCc2nocc2C1. The first-order valence-electron chi connectivity index (χ1n) is 4.14. The highest BCUT2D eigenvalue weighted by atomic mass is 16.5. The van der Waals surface area contributed by atoms with Gasteiger partial charge in [0.2, 0.25) is 5.91 Å². The number of nitrogens with zero attached hydrogens (tertiary/aromatic N) is 2. The molecule has 2 heterocycles. The van der Waals surface area contributed by atoms with E-state index in [0.717, 1.165) is 17.7 Å². The van der Waals surface area contributed by atoms with E-state index in [1.54, 1.807) is 11.2 Å². The van der Waals surface area contributed by atoms with Gasteiger partial charge in [0.05, 0.1) is 12.2 Å². The second-order valence-corrected chi connectivity index (χ2v) is 3.00. The lowest BCUT2D eigenvalue weighted by atomic mass is 10.1. The zero-order chi connectivity index (χ0) is 9.26. The van der Waals surface area contributed by atoms with Crippen molar-refractivity contribution in [3.05, 3.63) is 30.2 Å². The summed E-state index contributed by atoms with van der Waals surface area (Å²) in [5.74, 6) is -0.0353. The molecule has 0 saturated heterocycles. The number of rotatable bonds is 1. The number of hydrogen-bond donors (Lipinski definition) is 0. The number of carbonyl (C=O) groups is 1. The van der Waals surface area contributed by atoms with Crippen LogP contribution in [-0.2, 0) is 17.8 Å². The molecule has 68 valence electrons. The van der Waals surface area contributed by atoms with Gasteiger partial charge in [-0.25, -0.2) is 0 Å². The fourth-order valence-electron chi connectivity index (χ4n) is 1.46. The van der Waals surface area contributed by atoms with Crippen LogP contribution in [0.15, 0.2) is 23.4 Å². The molecule has 0 unspecified atom stereocenters. The van der Waals surface area contributed by atoms with Gasteiger partial charge < -0.3 is 9.42 Å². The summed E-state index contributed by atoms with van der Waals surface area (Å²) in [4.78, 5) is 13.0. The van der Waals surface area contributed by atoms with Crippen LogP contribution in [0, 0.1) is 0 Å². The molecule has 0 fully saturated rings. The number of hydrogen-bond acceptors (Lipinski definition) is 3. The predicted molar refractivity (Wildman–Crippen MR) is 45.8 cm³/mol. The van der Waals surface area contributed by atoms with Crippen molar-refractivity contribution in [1.82, 2.24) is 10.1 Å². The second-order valence-electron chi connectivity index (χ2n) is 3.00. The zero-order valence-electron chi connectivity index (χ0n) is 7.19. The van der Waals surface area contributed by atoms with E-state index in [4.69, 9.17) is 4.52 Å². The van der Waals surface area contributed by atoms with Crippen LogP contribution in [0.25, 0.3) is 0 Å². The average molecular weight is 178 g/mol. The second kappa shape index (κ2) is 3.05. The molecule has 0 aliphatic carbocycles. The Morgan fingerprint density at radius 3 is 3.38 bits per heavy atom. The molecule has 0 aromatic carbocycles. The number of fused-ring (bicyclic) bond motifs is 1. The van der Waals surface area contributed by atoms with Gasteiger partial charge in [-0.15, -0.1) is 0 Å². The van der Waals surface area contributed by atoms with Gasteiger partial charge >= 0.3 is 0 Å². The van der Waals surface area contributed by atoms with E-state index in [-0.39, 0.29) is 5.91 Å². The van der Waals surface area contributed by atoms with Gasteiger partial charge in [0, 0.05) is 18.5 Å². The van der Waals surface area contributed by atoms with Crippen molar-refractivity contribution in [2.24, 2.45) is 0 Å². The largest absolute Gasteiger partial charge is 0.364 e. The minimum atomic E-state index is -0.0353. The molecule has 1 aromatic rings. The summed E-state index contributed by atoms with van der Waals surface area (Å²) in [7, 11) is 0. The zero-order valence-corrected chi connectivity index (χ0v) is 7.19. The van der Waals surface area contributed by atoms with Crippen molar-refractivity contribution in [2.75, 3.05) is 6.54 Å². The van der Waals surface area contributed by atoms with Crippen molar-refractivity contribution in [2.45, 2.75) is 13.0 Å². The first-order chi connectivity index (χ1) is 6.31. The summed E-state index contributed by atoms with van der Waals surface area (Å²) in [5.41, 5.74) is 1.97. The van der Waals surface area contributed by atoms with Gasteiger partial charge in [0.1, 0.15) is 6.26 Å². The van der Waals surface area contributed by atoms with Gasteiger partial charge in [-0.2, -0.15) is 0 Å². The predicted octanol–water partition coefficient (Wildman–Crippen LogP) is 0.745. The summed E-state index contributed by atoms with van der Waals surface area (Å²) >= 11 is 0. The molecule has 0 spiro atoms. The molecule has 1 aliphatic heterocycles. The fraction of sp³-hybridized carbons (Fsp3) is 0.333. The van der Waals surface area contributed by atoms with Crippen LogP contribution in [0.5, 0.6) is 0 Å². The van der Waals surface area contributed by atoms with Crippen LogP contribution < -0.4 is 0 Å². The molecule has 1 aromatic heterocycles. The summed E-state index contributed by atoms with van der Waals surface area (Å²) in [6, 6.07) is 0. The van der Waals surface area contributed by atoms with E-state index in [1.165, 1.54) is 6.08 Å². The molecule has 0 N–H and O–H groups in total. The van der Waals surface area contributed by atoms with Crippen LogP contribution in [0.4, 0.5) is 0 Å². The van der Waals surface area contributed by atoms with Gasteiger partial charge in [-0.1, -0.05) is 11.7 Å². The smallest absolute Gasteiger partial charge is 0.246 e. The Labute approximate surface area is 75.8 Å². The summed E-state index contributed by atoms with van der Waals surface area (Å²) < 4.78 is 4.82. The monoisotopic (exact) mass is 178 g/mol. The Morgan fingerprint density at radius 1 is 1.77 bits per heavy atom. The molecule has 0 saturated carbocycles. The van der Waals surface area contributed by atoms with Gasteiger partial charge in [0.25, 0.3) is 0 Å². The molecule has 1 aliphatic rings. The van der Waals surface area contributed by atoms with Crippen molar-refractivity contribution >= 4 is 5.91 Å². The topological polar surface area (TPSA) is 46.3 Å². The first-order valence-corrected chi connectivity index (χ1v) is 4.14. The maximum Gasteiger partial charge on any atom is 0.246 e. The van der Waals surface area contributed by atoms with Crippen LogP contribution in [-0.4, -0.2) is 22.5 Å². The summed E-state index contributed by atoms with van der Waals surface area (Å²) in [5, 5.41) is 3.84. The molecule has 0 atom stereocenters. The highest BCUT2D eigenvalue weighted by Gasteiger charge is 2.21. The Hall–Kier alpha value is -1.58. The standard InChI is InChI=1S/C9H10N2O2/c1-2-9(12)11-4-3-8-7(5-11)6-13-10-8/h2,6H,1,3-5H2. The lowest BCUT2D eigenvalue weighted by molar-refractivity contribution is -0.126. The maximum atomic E-state index is 11.3. The Balaban J connectivity index is 2.17. The molecule has 13 heavy (non-hydrogen) atoms. The van der Waals surface area contributed by atoms with E-state index in [0.29, 0.717) is 13.1 Å². The van der Waals surface area contributed by atoms with E-state index < -0.39 is 0 Å². The van der Waals surface area contributed by atoms with Gasteiger partial charge in [0.15, 0.2) is 0 Å². The van der Waals surface area contributed by atoms with Crippen molar-refractivity contribution in [3.8, 4) is 0 Å². The first kappa shape index (κ1) is 8.04. The molecule has 0 bridgehead atoms. The molecule has 0 radical (unpaired) electrons. The average Bonchev–Trinajstić information content (AvgIpc) is 2.63. The molecule has 1 amide bonds. The highest BCUT2D eigenvalue weighted by Crippen LogP contribution is 2.17. The lowest BCUT2D eigenvalue weighted by Crippen LogP contribution is -2.34. The van der Waals surface area contributed by atoms with Crippen molar-refractivity contribution in [3.63, 3.8) is 0 Å². The number of amides is 1. The normalized spacial score (nSPS) is 15.2. The third kappa shape index (κ3) is 1.35. The third-order valence-corrected chi connectivity index (χ3v) is 2.19. The van der Waals surface area contributed by atoms with Crippen molar-refractivity contribution in [1.29, 1.82) is 0 Å². The van der Waals surface area contributed by atoms with E-state index in [9.17, 15) is 4.79 Å². The van der Waals surface area contributed by atoms with Crippen LogP contribution in [0.3, 0.4) is 0 Å². The van der Waals surface area contributed by atoms with E-state index in [2.05, 4.69) is 11.7 Å². The quantitative estimate of drug-likeness (QED) is 0.596. The molecular weight excluding hydrogens is 168 g/mol. The van der Waals surface area contributed by atoms with Gasteiger partial charge in [-0.05, 0) is 6.08 Å². The molecular formula is C9H10N2O2. The van der Waals surface area contributed by atoms with E-state index >= 15 is 0 Å². The third-order valence-electron chi connectivity index (χ3n) is 2.19. The number of carbonyl (C=O) groups excluding carboxylic acids is 1. The maximum absolute atomic E-state index is 11.3. The molecule has 4 heteroatoms. The molecule has 2 rings (SSSR count). The minimum absolute atomic E-state index is 0.0353. The summed E-state index contributed by atoms with van der Waals surface area (Å²) in [6.07, 6.45) is 3.70. The Morgan fingerprint density at radius 2 is 2.62 bits per heavy atom. The van der Waals surface area contributed by atoms with E-state index in [1.807, 2.05) is 0 Å². The molecule has 4 nitrogen and oxygen atoms in total. The van der Waals surface area contributed by atoms with Crippen molar-refractivity contribution < 1.29 is 9.32 Å². The van der Waals surface area contributed by atoms with Crippen LogP contribution in [0.2, 0.25) is 0 Å². The minimum Gasteiger partial charge on any atom is -0.364 e. The van der Waals surface area contributed by atoms with Gasteiger partial charge in [-0.3, -0.25) is 4.79 Å². The fourth-order valence-corrected chi connectivity index (χ4v) is 1.46. The lowest BCUT2D eigenvalue weighted by Gasteiger charge is -2.24. The highest BCUT2D eigenvalue weighted by molar-refractivity contribution is 5.87. The van der Waals surface area contributed by atoms with Crippen LogP contribution in [0.1, 0.15) is 11.3 Å². The van der Waals surface area contributed by atoms with Crippen LogP contribution >= 0.6 is 0 Å².